The molecule has 0 aromatic heterocycles. The van der Waals surface area contributed by atoms with E-state index in [2.05, 4.69) is 5.32 Å². The summed E-state index contributed by atoms with van der Waals surface area (Å²) in [4.78, 5) is 12.6. The van der Waals surface area contributed by atoms with Crippen LogP contribution in [0.5, 0.6) is 11.5 Å². The van der Waals surface area contributed by atoms with Crippen LogP contribution in [-0.2, 0) is 4.79 Å². The highest BCUT2D eigenvalue weighted by atomic mass is 16.5. The van der Waals surface area contributed by atoms with Crippen molar-refractivity contribution >= 4 is 5.91 Å². The van der Waals surface area contributed by atoms with Crippen molar-refractivity contribution < 1.29 is 14.3 Å². The molecule has 0 bridgehead atoms. The van der Waals surface area contributed by atoms with Crippen molar-refractivity contribution in [3.8, 4) is 11.5 Å². The van der Waals surface area contributed by atoms with Crippen LogP contribution >= 0.6 is 0 Å². The Morgan fingerprint density at radius 3 is 2.36 bits per heavy atom. The van der Waals surface area contributed by atoms with Crippen molar-refractivity contribution in [2.75, 3.05) is 6.61 Å². The maximum Gasteiger partial charge on any atom is 0.261 e. The van der Waals surface area contributed by atoms with Crippen molar-refractivity contribution in [2.24, 2.45) is 0 Å². The summed E-state index contributed by atoms with van der Waals surface area (Å²) in [5.41, 5.74) is 2.05. The Kier molecular flexibility index (Phi) is 6.87. The fourth-order valence-corrected chi connectivity index (χ4v) is 2.57. The molecule has 4 heteroatoms. The van der Waals surface area contributed by atoms with Gasteiger partial charge in [0.05, 0.1) is 12.6 Å². The smallest absolute Gasteiger partial charge is 0.261 e. The molecule has 2 aromatic carbocycles. The second-order valence-electron chi connectivity index (χ2n) is 6.01. The summed E-state index contributed by atoms with van der Waals surface area (Å²) in [6.45, 7) is 8.48. The Morgan fingerprint density at radius 2 is 1.76 bits per heavy atom. The third-order valence-electron chi connectivity index (χ3n) is 4.08. The molecule has 0 aliphatic carbocycles. The largest absolute Gasteiger partial charge is 0.494 e. The topological polar surface area (TPSA) is 47.6 Å². The molecule has 1 N–H and O–H groups in total. The van der Waals surface area contributed by atoms with Crippen molar-refractivity contribution in [1.29, 1.82) is 0 Å². The van der Waals surface area contributed by atoms with Gasteiger partial charge in [-0.2, -0.15) is 0 Å². The summed E-state index contributed by atoms with van der Waals surface area (Å²) < 4.78 is 11.4. The van der Waals surface area contributed by atoms with Crippen molar-refractivity contribution in [3.05, 3.63) is 59.7 Å². The van der Waals surface area contributed by atoms with Crippen LogP contribution in [0.2, 0.25) is 0 Å². The number of para-hydroxylation sites is 1. The zero-order valence-electron chi connectivity index (χ0n) is 15.4. The van der Waals surface area contributed by atoms with E-state index in [0.717, 1.165) is 22.6 Å². The number of ether oxygens (including phenoxy) is 2. The van der Waals surface area contributed by atoms with Crippen molar-refractivity contribution in [3.63, 3.8) is 0 Å². The molecular weight excluding hydrogens is 314 g/mol. The Hall–Kier alpha value is -2.49. The molecule has 0 saturated heterocycles. The highest BCUT2D eigenvalue weighted by molar-refractivity contribution is 5.81. The lowest BCUT2D eigenvalue weighted by Gasteiger charge is -2.21. The SMILES string of the molecule is CCOc1ccc([C@@H](C)NC(=O)[C@@H](CC)Oc2ccccc2C)cc1. The zero-order valence-corrected chi connectivity index (χ0v) is 15.4. The lowest BCUT2D eigenvalue weighted by atomic mass is 10.1. The molecule has 4 nitrogen and oxygen atoms in total. The first-order valence-corrected chi connectivity index (χ1v) is 8.80. The van der Waals surface area contributed by atoms with E-state index in [0.29, 0.717) is 13.0 Å². The monoisotopic (exact) mass is 341 g/mol. The summed E-state index contributed by atoms with van der Waals surface area (Å²) in [5.74, 6) is 1.48. The van der Waals surface area contributed by atoms with E-state index in [1.54, 1.807) is 0 Å². The highest BCUT2D eigenvalue weighted by Gasteiger charge is 2.21. The zero-order chi connectivity index (χ0) is 18.2. The first kappa shape index (κ1) is 18.8. The van der Waals surface area contributed by atoms with Gasteiger partial charge < -0.3 is 14.8 Å². The van der Waals surface area contributed by atoms with Gasteiger partial charge in [0.25, 0.3) is 5.91 Å². The Morgan fingerprint density at radius 1 is 1.08 bits per heavy atom. The maximum atomic E-state index is 12.6. The Bertz CT molecular complexity index is 682. The van der Waals surface area contributed by atoms with E-state index < -0.39 is 6.10 Å². The van der Waals surface area contributed by atoms with Crippen LogP contribution in [0.15, 0.2) is 48.5 Å². The van der Waals surface area contributed by atoms with Gasteiger partial charge in [-0.25, -0.2) is 0 Å². The van der Waals surface area contributed by atoms with Gasteiger partial charge in [0.1, 0.15) is 11.5 Å². The van der Waals surface area contributed by atoms with E-state index in [9.17, 15) is 4.79 Å². The van der Waals surface area contributed by atoms with Crippen LogP contribution in [0.3, 0.4) is 0 Å². The quantitative estimate of drug-likeness (QED) is 0.773. The molecular formula is C21H27NO3. The molecule has 0 aliphatic rings. The predicted molar refractivity (Wildman–Crippen MR) is 100 cm³/mol. The first-order chi connectivity index (χ1) is 12.0. The minimum atomic E-state index is -0.508. The molecule has 0 saturated carbocycles. The molecule has 25 heavy (non-hydrogen) atoms. The molecule has 134 valence electrons. The standard InChI is InChI=1S/C21H27NO3/c1-5-19(25-20-10-8-7-9-15(20)3)21(23)22-16(4)17-11-13-18(14-12-17)24-6-2/h7-14,16,19H,5-6H2,1-4H3,(H,22,23)/t16-,19-/m1/s1. The number of hydrogen-bond acceptors (Lipinski definition) is 3. The lowest BCUT2D eigenvalue weighted by Crippen LogP contribution is -2.39. The van der Waals surface area contributed by atoms with Gasteiger partial charge in [0, 0.05) is 0 Å². The number of aryl methyl sites for hydroxylation is 1. The molecule has 0 heterocycles. The van der Waals surface area contributed by atoms with Crippen molar-refractivity contribution in [1.82, 2.24) is 5.32 Å². The molecule has 0 fully saturated rings. The van der Waals surface area contributed by atoms with Crippen LogP contribution in [0, 0.1) is 6.92 Å². The molecule has 1 amide bonds. The van der Waals surface area contributed by atoms with E-state index >= 15 is 0 Å². The molecule has 0 radical (unpaired) electrons. The minimum absolute atomic E-state index is 0.0994. The number of carbonyl (C=O) groups is 1. The number of carbonyl (C=O) groups excluding carboxylic acids is 1. The average Bonchev–Trinajstić information content (AvgIpc) is 2.61. The van der Waals surface area contributed by atoms with E-state index in [1.165, 1.54) is 0 Å². The van der Waals surface area contributed by atoms with Crippen LogP contribution in [0.1, 0.15) is 44.4 Å². The van der Waals surface area contributed by atoms with Gasteiger partial charge in [-0.15, -0.1) is 0 Å². The number of benzene rings is 2. The lowest BCUT2D eigenvalue weighted by molar-refractivity contribution is -0.128. The molecule has 2 rings (SSSR count). The van der Waals surface area contributed by atoms with Gasteiger partial charge in [-0.3, -0.25) is 4.79 Å². The summed E-state index contributed by atoms with van der Waals surface area (Å²) >= 11 is 0. The fourth-order valence-electron chi connectivity index (χ4n) is 2.57. The summed E-state index contributed by atoms with van der Waals surface area (Å²) in [6.07, 6.45) is 0.0992. The predicted octanol–water partition coefficient (Wildman–Crippen LogP) is 4.43. The van der Waals surface area contributed by atoms with Gasteiger partial charge in [-0.05, 0) is 56.5 Å². The first-order valence-electron chi connectivity index (χ1n) is 8.80. The average molecular weight is 341 g/mol. The Labute approximate surface area is 150 Å². The number of rotatable bonds is 8. The van der Waals surface area contributed by atoms with Gasteiger partial charge in [0.15, 0.2) is 6.10 Å². The summed E-state index contributed by atoms with van der Waals surface area (Å²) in [6, 6.07) is 15.4. The normalized spacial score (nSPS) is 13.0. The number of amides is 1. The third-order valence-corrected chi connectivity index (χ3v) is 4.08. The van der Waals surface area contributed by atoms with Gasteiger partial charge >= 0.3 is 0 Å². The number of hydrogen-bond donors (Lipinski definition) is 1. The molecule has 0 unspecified atom stereocenters. The maximum absolute atomic E-state index is 12.6. The van der Waals surface area contributed by atoms with Gasteiger partial charge in [-0.1, -0.05) is 37.3 Å². The van der Waals surface area contributed by atoms with Crippen molar-refractivity contribution in [2.45, 2.75) is 46.3 Å². The van der Waals surface area contributed by atoms with E-state index in [-0.39, 0.29) is 11.9 Å². The highest BCUT2D eigenvalue weighted by Crippen LogP contribution is 2.21. The van der Waals surface area contributed by atoms with Crippen LogP contribution < -0.4 is 14.8 Å². The van der Waals surface area contributed by atoms with Crippen LogP contribution in [-0.4, -0.2) is 18.6 Å². The van der Waals surface area contributed by atoms with Crippen LogP contribution in [0.4, 0.5) is 0 Å². The van der Waals surface area contributed by atoms with E-state index in [4.69, 9.17) is 9.47 Å². The fraction of sp³-hybridized carbons (Fsp3) is 0.381. The van der Waals surface area contributed by atoms with Gasteiger partial charge in [0.2, 0.25) is 0 Å². The Balaban J connectivity index is 1.99. The molecule has 0 spiro atoms. The summed E-state index contributed by atoms with van der Waals surface area (Å²) in [5, 5.41) is 3.03. The van der Waals surface area contributed by atoms with Crippen LogP contribution in [0.25, 0.3) is 0 Å². The molecule has 2 aromatic rings. The van der Waals surface area contributed by atoms with E-state index in [1.807, 2.05) is 76.2 Å². The minimum Gasteiger partial charge on any atom is -0.494 e. The number of nitrogens with one attached hydrogen (secondary N) is 1. The second kappa shape index (κ2) is 9.11. The third kappa shape index (κ3) is 5.24. The molecule has 2 atom stereocenters. The molecule has 0 aliphatic heterocycles. The second-order valence-corrected chi connectivity index (χ2v) is 6.01. The summed E-state index contributed by atoms with van der Waals surface area (Å²) in [7, 11) is 0.